The summed E-state index contributed by atoms with van der Waals surface area (Å²) in [5.41, 5.74) is 3.74. The van der Waals surface area contributed by atoms with Crippen molar-refractivity contribution in [1.29, 1.82) is 0 Å². The minimum absolute atomic E-state index is 0.0670. The largest absolute Gasteiger partial charge is 0.490 e. The van der Waals surface area contributed by atoms with E-state index < -0.39 is 6.04 Å². The number of hydrogen-bond donors (Lipinski definition) is 1. The number of benzene rings is 2. The lowest BCUT2D eigenvalue weighted by molar-refractivity contribution is -0.126. The molecule has 5 heteroatoms. The second-order valence-electron chi connectivity index (χ2n) is 9.62. The van der Waals surface area contributed by atoms with Crippen molar-refractivity contribution in [1.82, 2.24) is 10.2 Å². The van der Waals surface area contributed by atoms with E-state index in [1.165, 1.54) is 24.8 Å². The fourth-order valence-electron chi connectivity index (χ4n) is 5.53. The lowest BCUT2D eigenvalue weighted by Gasteiger charge is -2.32. The molecule has 0 radical (unpaired) electrons. The van der Waals surface area contributed by atoms with Crippen LogP contribution in [0.4, 0.5) is 0 Å². The third-order valence-electron chi connectivity index (χ3n) is 7.38. The van der Waals surface area contributed by atoms with Crippen LogP contribution in [0.25, 0.3) is 0 Å². The molecule has 5 rings (SSSR count). The summed E-state index contributed by atoms with van der Waals surface area (Å²) in [6.07, 6.45) is 8.50. The SMILES string of the molecule is C=C1CCC(N2Cc3cc(O[C@@H]4CCCC[C@H]4CCc4ccccc4)ccc3C2=O)C(=O)N1. The summed E-state index contributed by atoms with van der Waals surface area (Å²) in [5.74, 6) is 1.18. The average molecular weight is 445 g/mol. The Morgan fingerprint density at radius 1 is 1.03 bits per heavy atom. The Morgan fingerprint density at radius 3 is 2.67 bits per heavy atom. The summed E-state index contributed by atoms with van der Waals surface area (Å²) in [6.45, 7) is 4.29. The number of nitrogens with one attached hydrogen (secondary N) is 1. The maximum Gasteiger partial charge on any atom is 0.255 e. The number of rotatable bonds is 6. The molecule has 1 saturated heterocycles. The number of ether oxygens (including phenoxy) is 1. The summed E-state index contributed by atoms with van der Waals surface area (Å²) in [5, 5.41) is 2.80. The zero-order chi connectivity index (χ0) is 22.8. The Kier molecular flexibility index (Phi) is 6.21. The van der Waals surface area contributed by atoms with E-state index in [-0.39, 0.29) is 17.9 Å². The number of nitrogens with zero attached hydrogens (tertiary/aromatic N) is 1. The van der Waals surface area contributed by atoms with Crippen LogP contribution in [0, 0.1) is 5.92 Å². The van der Waals surface area contributed by atoms with Gasteiger partial charge in [0.05, 0.1) is 0 Å². The second kappa shape index (κ2) is 9.42. The topological polar surface area (TPSA) is 58.6 Å². The molecule has 0 bridgehead atoms. The molecule has 0 spiro atoms. The number of allylic oxidation sites excluding steroid dienone is 1. The van der Waals surface area contributed by atoms with Crippen molar-refractivity contribution in [3.05, 3.63) is 77.5 Å². The van der Waals surface area contributed by atoms with Crippen LogP contribution >= 0.6 is 0 Å². The highest BCUT2D eigenvalue weighted by atomic mass is 16.5. The summed E-state index contributed by atoms with van der Waals surface area (Å²) in [4.78, 5) is 27.1. The summed E-state index contributed by atoms with van der Waals surface area (Å²) < 4.78 is 6.51. The third kappa shape index (κ3) is 4.68. The third-order valence-corrected chi connectivity index (χ3v) is 7.38. The first-order valence-corrected chi connectivity index (χ1v) is 12.2. The number of amides is 2. The van der Waals surface area contributed by atoms with Gasteiger partial charge in [0.15, 0.2) is 0 Å². The van der Waals surface area contributed by atoms with Crippen LogP contribution in [0.1, 0.15) is 66.4 Å². The van der Waals surface area contributed by atoms with Gasteiger partial charge in [0.2, 0.25) is 5.91 Å². The van der Waals surface area contributed by atoms with Gasteiger partial charge < -0.3 is 15.0 Å². The molecule has 5 nitrogen and oxygen atoms in total. The van der Waals surface area contributed by atoms with Gasteiger partial charge in [0, 0.05) is 17.8 Å². The molecular weight excluding hydrogens is 412 g/mol. The average Bonchev–Trinajstić information content (AvgIpc) is 3.14. The number of fused-ring (bicyclic) bond motifs is 1. The first-order valence-electron chi connectivity index (χ1n) is 12.2. The van der Waals surface area contributed by atoms with Gasteiger partial charge in [0.1, 0.15) is 17.9 Å². The van der Waals surface area contributed by atoms with Crippen molar-refractivity contribution in [2.24, 2.45) is 5.92 Å². The van der Waals surface area contributed by atoms with E-state index in [2.05, 4.69) is 42.2 Å². The molecule has 3 aliphatic rings. The Bertz CT molecular complexity index is 1050. The van der Waals surface area contributed by atoms with E-state index in [1.54, 1.807) is 4.90 Å². The van der Waals surface area contributed by atoms with Crippen molar-refractivity contribution in [2.45, 2.75) is 70.1 Å². The first kappa shape index (κ1) is 21.7. The maximum absolute atomic E-state index is 13.0. The zero-order valence-electron chi connectivity index (χ0n) is 19.1. The van der Waals surface area contributed by atoms with Gasteiger partial charge in [-0.15, -0.1) is 0 Å². The molecule has 2 aromatic carbocycles. The van der Waals surface area contributed by atoms with Crippen LogP contribution in [0.5, 0.6) is 5.75 Å². The molecule has 2 aromatic rings. The van der Waals surface area contributed by atoms with Crippen LogP contribution in [0.2, 0.25) is 0 Å². The van der Waals surface area contributed by atoms with Gasteiger partial charge in [-0.05, 0) is 80.2 Å². The molecule has 2 heterocycles. The van der Waals surface area contributed by atoms with Gasteiger partial charge in [-0.25, -0.2) is 0 Å². The molecular formula is C28H32N2O3. The highest BCUT2D eigenvalue weighted by molar-refractivity contribution is 6.01. The molecule has 2 aliphatic heterocycles. The van der Waals surface area contributed by atoms with E-state index in [1.807, 2.05) is 18.2 Å². The van der Waals surface area contributed by atoms with E-state index >= 15 is 0 Å². The fraction of sp³-hybridized carbons (Fsp3) is 0.429. The van der Waals surface area contributed by atoms with Crippen LogP contribution in [-0.4, -0.2) is 28.9 Å². The predicted molar refractivity (Wildman–Crippen MR) is 128 cm³/mol. The van der Waals surface area contributed by atoms with Crippen LogP contribution in [0.3, 0.4) is 0 Å². The first-order chi connectivity index (χ1) is 16.1. The summed E-state index contributed by atoms with van der Waals surface area (Å²) in [7, 11) is 0. The minimum atomic E-state index is -0.430. The maximum atomic E-state index is 13.0. The van der Waals surface area contributed by atoms with Crippen molar-refractivity contribution >= 4 is 11.8 Å². The van der Waals surface area contributed by atoms with Crippen LogP contribution in [0.15, 0.2) is 60.8 Å². The molecule has 1 aliphatic carbocycles. The predicted octanol–water partition coefficient (Wildman–Crippen LogP) is 5.01. The Morgan fingerprint density at radius 2 is 1.85 bits per heavy atom. The Hall–Kier alpha value is -3.08. The zero-order valence-corrected chi connectivity index (χ0v) is 19.1. The Labute approximate surface area is 195 Å². The van der Waals surface area contributed by atoms with E-state index in [4.69, 9.17) is 4.74 Å². The van der Waals surface area contributed by atoms with Crippen LogP contribution in [-0.2, 0) is 17.8 Å². The van der Waals surface area contributed by atoms with Gasteiger partial charge in [-0.2, -0.15) is 0 Å². The molecule has 2 amide bonds. The van der Waals surface area contributed by atoms with E-state index in [0.717, 1.165) is 36.3 Å². The lowest BCUT2D eigenvalue weighted by Crippen LogP contribution is -2.49. The second-order valence-corrected chi connectivity index (χ2v) is 9.62. The molecule has 172 valence electrons. The van der Waals surface area contributed by atoms with Gasteiger partial charge >= 0.3 is 0 Å². The number of hydrogen-bond acceptors (Lipinski definition) is 3. The van der Waals surface area contributed by atoms with E-state index in [9.17, 15) is 9.59 Å². The molecule has 0 aromatic heterocycles. The van der Waals surface area contributed by atoms with Crippen molar-refractivity contribution in [3.8, 4) is 5.75 Å². The van der Waals surface area contributed by atoms with Crippen molar-refractivity contribution in [2.75, 3.05) is 0 Å². The minimum Gasteiger partial charge on any atom is -0.490 e. The number of piperidine rings is 1. The molecule has 2 fully saturated rings. The standard InChI is InChI=1S/C28H32N2O3/c1-19-11-16-25(27(31)29-19)30-18-22-17-23(14-15-24(22)28(30)32)33-26-10-6-5-9-21(26)13-12-20-7-3-2-4-8-20/h2-4,7-8,14-15,17,21,25-26H,1,5-6,9-13,16,18H2,(H,29,31)/t21-,25?,26+/m0/s1. The lowest BCUT2D eigenvalue weighted by atomic mass is 9.82. The summed E-state index contributed by atoms with van der Waals surface area (Å²) >= 11 is 0. The number of carbonyl (C=O) groups is 2. The number of carbonyl (C=O) groups excluding carboxylic acids is 2. The van der Waals surface area contributed by atoms with Crippen LogP contribution < -0.4 is 10.1 Å². The highest BCUT2D eigenvalue weighted by Crippen LogP contribution is 2.34. The molecule has 1 unspecified atom stereocenters. The molecule has 3 atom stereocenters. The Balaban J connectivity index is 1.25. The smallest absolute Gasteiger partial charge is 0.255 e. The van der Waals surface area contributed by atoms with Gasteiger partial charge in [0.25, 0.3) is 5.91 Å². The molecule has 1 saturated carbocycles. The molecule has 1 N–H and O–H groups in total. The van der Waals surface area contributed by atoms with Gasteiger partial charge in [-0.3, -0.25) is 9.59 Å². The fourth-order valence-corrected chi connectivity index (χ4v) is 5.53. The quantitative estimate of drug-likeness (QED) is 0.682. The van der Waals surface area contributed by atoms with Crippen molar-refractivity contribution in [3.63, 3.8) is 0 Å². The monoisotopic (exact) mass is 444 g/mol. The van der Waals surface area contributed by atoms with Gasteiger partial charge in [-0.1, -0.05) is 43.3 Å². The normalized spacial score (nSPS) is 25.0. The number of aryl methyl sites for hydroxylation is 1. The van der Waals surface area contributed by atoms with E-state index in [0.29, 0.717) is 30.9 Å². The molecule has 33 heavy (non-hydrogen) atoms. The van der Waals surface area contributed by atoms with Crippen molar-refractivity contribution < 1.29 is 14.3 Å². The summed E-state index contributed by atoms with van der Waals surface area (Å²) in [6, 6.07) is 16.0. The highest BCUT2D eigenvalue weighted by Gasteiger charge is 2.38.